The Morgan fingerprint density at radius 2 is 1.66 bits per heavy atom. The molecule has 0 N–H and O–H groups in total. The third-order valence-corrected chi connectivity index (χ3v) is 7.08. The zero-order chi connectivity index (χ0) is 26.8. The van der Waals surface area contributed by atoms with Crippen LogP contribution in [0.3, 0.4) is 0 Å². The molecule has 1 aliphatic rings. The van der Waals surface area contributed by atoms with Crippen LogP contribution >= 0.6 is 11.6 Å². The number of piperazine rings is 1. The summed E-state index contributed by atoms with van der Waals surface area (Å²) in [6, 6.07) is 13.9. The average Bonchev–Trinajstić information content (AvgIpc) is 3.30. The number of pyridine rings is 2. The van der Waals surface area contributed by atoms with Gasteiger partial charge in [0.2, 0.25) is 0 Å². The second-order valence-electron chi connectivity index (χ2n) is 9.52. The lowest BCUT2D eigenvalue weighted by Gasteiger charge is -2.36. The molecule has 0 spiro atoms. The number of ketones is 1. The van der Waals surface area contributed by atoms with Crippen molar-refractivity contribution in [2.45, 2.75) is 33.2 Å². The van der Waals surface area contributed by atoms with Crippen molar-refractivity contribution < 1.29 is 4.79 Å². The van der Waals surface area contributed by atoms with E-state index in [0.29, 0.717) is 22.7 Å². The topological polar surface area (TPSA) is 89.2 Å². The highest BCUT2D eigenvalue weighted by molar-refractivity contribution is 6.30. The molecule has 10 heteroatoms. The van der Waals surface area contributed by atoms with Gasteiger partial charge in [0.1, 0.15) is 24.0 Å². The molecule has 38 heavy (non-hydrogen) atoms. The molecule has 1 aromatic carbocycles. The highest BCUT2D eigenvalue weighted by Gasteiger charge is 2.25. The minimum atomic E-state index is -0.708. The molecule has 4 aromatic rings. The third kappa shape index (κ3) is 5.19. The lowest BCUT2D eigenvalue weighted by molar-refractivity contribution is 0.0911. The van der Waals surface area contributed by atoms with Gasteiger partial charge in [-0.3, -0.25) is 4.79 Å². The van der Waals surface area contributed by atoms with Crippen LogP contribution in [0.4, 0.5) is 11.6 Å². The van der Waals surface area contributed by atoms with Crippen molar-refractivity contribution in [3.05, 3.63) is 93.4 Å². The largest absolute Gasteiger partial charge is 0.353 e. The van der Waals surface area contributed by atoms with Crippen molar-refractivity contribution in [3.8, 4) is 5.69 Å². The maximum atomic E-state index is 13.2. The number of Topliss-reactive ketones (excluding diaryl/α,β-unsaturated/α-hetero) is 1. The number of aryl methyl sites for hydroxylation is 2. The van der Waals surface area contributed by atoms with E-state index >= 15 is 0 Å². The van der Waals surface area contributed by atoms with E-state index in [1.807, 2.05) is 26.0 Å². The Hall–Kier alpha value is -3.98. The van der Waals surface area contributed by atoms with Gasteiger partial charge < -0.3 is 9.80 Å². The zero-order valence-electron chi connectivity index (χ0n) is 21.7. The highest BCUT2D eigenvalue weighted by atomic mass is 35.5. The van der Waals surface area contributed by atoms with Gasteiger partial charge in [0.05, 0.1) is 11.9 Å². The first-order valence-corrected chi connectivity index (χ1v) is 13.1. The third-order valence-electron chi connectivity index (χ3n) is 6.83. The van der Waals surface area contributed by atoms with Gasteiger partial charge in [-0.05, 0) is 74.4 Å². The van der Waals surface area contributed by atoms with Crippen LogP contribution in [0.2, 0.25) is 5.02 Å². The first kappa shape index (κ1) is 25.7. The standard InChI is InChI=1S/C28H30ClN7O2/c1-4-24(27(37)21-5-7-22(29)8-6-21)36-28(38)35(18-31-36)23-9-10-25(30-17-23)33-11-13-34(14-12-33)26-16-19(2)15-20(3)32-26/h5-10,15-18,24H,4,11-14H2,1-3H3. The van der Waals surface area contributed by atoms with Gasteiger partial charge in [0.25, 0.3) is 0 Å². The van der Waals surface area contributed by atoms with Crippen LogP contribution in [0.15, 0.2) is 65.8 Å². The Bertz CT molecular complexity index is 1470. The number of benzene rings is 1. The van der Waals surface area contributed by atoms with Crippen molar-refractivity contribution in [2.24, 2.45) is 0 Å². The van der Waals surface area contributed by atoms with Crippen LogP contribution in [0.25, 0.3) is 5.69 Å². The Morgan fingerprint density at radius 1 is 0.974 bits per heavy atom. The molecular weight excluding hydrogens is 502 g/mol. The number of aromatic nitrogens is 5. The Morgan fingerprint density at radius 3 is 2.26 bits per heavy atom. The zero-order valence-corrected chi connectivity index (χ0v) is 22.5. The van der Waals surface area contributed by atoms with Gasteiger partial charge in [0, 0.05) is 42.5 Å². The summed E-state index contributed by atoms with van der Waals surface area (Å²) in [5.74, 6) is 1.69. The maximum absolute atomic E-state index is 13.2. The minimum absolute atomic E-state index is 0.180. The average molecular weight is 532 g/mol. The van der Waals surface area contributed by atoms with Gasteiger partial charge in [0.15, 0.2) is 5.78 Å². The molecule has 1 aliphatic heterocycles. The Kier molecular flexibility index (Phi) is 7.28. The first-order valence-electron chi connectivity index (χ1n) is 12.7. The van der Waals surface area contributed by atoms with Crippen molar-refractivity contribution in [1.29, 1.82) is 0 Å². The number of hydrogen-bond donors (Lipinski definition) is 0. The summed E-state index contributed by atoms with van der Waals surface area (Å²) in [5.41, 5.74) is 2.94. The van der Waals surface area contributed by atoms with E-state index in [1.165, 1.54) is 21.1 Å². The van der Waals surface area contributed by atoms with E-state index in [1.54, 1.807) is 30.5 Å². The molecule has 1 unspecified atom stereocenters. The van der Waals surface area contributed by atoms with Gasteiger partial charge in [-0.1, -0.05) is 18.5 Å². The summed E-state index contributed by atoms with van der Waals surface area (Å²) in [6.45, 7) is 9.32. The number of nitrogens with zero attached hydrogens (tertiary/aromatic N) is 7. The monoisotopic (exact) mass is 531 g/mol. The summed E-state index contributed by atoms with van der Waals surface area (Å²) in [5, 5.41) is 4.81. The van der Waals surface area contributed by atoms with Crippen molar-refractivity contribution >= 4 is 29.0 Å². The van der Waals surface area contributed by atoms with Gasteiger partial charge >= 0.3 is 5.69 Å². The Balaban J connectivity index is 1.28. The van der Waals surface area contributed by atoms with E-state index < -0.39 is 6.04 Å². The van der Waals surface area contributed by atoms with Crippen LogP contribution in [-0.4, -0.2) is 56.3 Å². The van der Waals surface area contributed by atoms with E-state index in [0.717, 1.165) is 43.5 Å². The van der Waals surface area contributed by atoms with Crippen molar-refractivity contribution in [1.82, 2.24) is 24.3 Å². The van der Waals surface area contributed by atoms with E-state index in [9.17, 15) is 9.59 Å². The second kappa shape index (κ2) is 10.8. The molecule has 0 saturated carbocycles. The molecule has 9 nitrogen and oxygen atoms in total. The summed E-state index contributed by atoms with van der Waals surface area (Å²) >= 11 is 5.95. The van der Waals surface area contributed by atoms with Crippen molar-refractivity contribution in [2.75, 3.05) is 36.0 Å². The number of carbonyl (C=O) groups excluding carboxylic acids is 1. The fourth-order valence-electron chi connectivity index (χ4n) is 4.84. The van der Waals surface area contributed by atoms with Gasteiger partial charge in [-0.15, -0.1) is 0 Å². The molecular formula is C28H30ClN7O2. The molecule has 0 radical (unpaired) electrons. The number of carbonyl (C=O) groups is 1. The molecule has 0 aliphatic carbocycles. The fraction of sp³-hybridized carbons (Fsp3) is 0.321. The highest BCUT2D eigenvalue weighted by Crippen LogP contribution is 2.21. The van der Waals surface area contributed by atoms with Crippen LogP contribution in [-0.2, 0) is 0 Å². The number of hydrogen-bond acceptors (Lipinski definition) is 7. The van der Waals surface area contributed by atoms with Crippen LogP contribution in [0.1, 0.15) is 41.0 Å². The molecule has 1 saturated heterocycles. The van der Waals surface area contributed by atoms with Crippen LogP contribution in [0, 0.1) is 13.8 Å². The smallest absolute Gasteiger partial charge is 0.351 e. The molecule has 0 amide bonds. The molecule has 3 aromatic heterocycles. The molecule has 5 rings (SSSR count). The lowest BCUT2D eigenvalue weighted by atomic mass is 10.0. The predicted molar refractivity (Wildman–Crippen MR) is 149 cm³/mol. The molecule has 4 heterocycles. The Labute approximate surface area is 226 Å². The maximum Gasteiger partial charge on any atom is 0.351 e. The number of rotatable bonds is 7. The van der Waals surface area contributed by atoms with Gasteiger partial charge in [-0.2, -0.15) is 5.10 Å². The predicted octanol–water partition coefficient (Wildman–Crippen LogP) is 4.25. The SMILES string of the molecule is CCC(C(=O)c1ccc(Cl)cc1)n1ncn(-c2ccc(N3CCN(c4cc(C)cc(C)n4)CC3)nc2)c1=O. The molecule has 0 bridgehead atoms. The van der Waals surface area contributed by atoms with Crippen LogP contribution < -0.4 is 15.5 Å². The van der Waals surface area contributed by atoms with E-state index in [2.05, 4.69) is 43.9 Å². The van der Waals surface area contributed by atoms with Crippen LogP contribution in [0.5, 0.6) is 0 Å². The fourth-order valence-corrected chi connectivity index (χ4v) is 4.96. The summed E-state index contributed by atoms with van der Waals surface area (Å²) in [4.78, 5) is 40.1. The molecule has 1 atom stereocenters. The normalized spacial score (nSPS) is 14.5. The van der Waals surface area contributed by atoms with Gasteiger partial charge in [-0.25, -0.2) is 24.0 Å². The number of halogens is 1. The first-order chi connectivity index (χ1) is 18.3. The second-order valence-corrected chi connectivity index (χ2v) is 9.95. The molecule has 1 fully saturated rings. The molecule has 196 valence electrons. The quantitative estimate of drug-likeness (QED) is 0.329. The summed E-state index contributed by atoms with van der Waals surface area (Å²) in [7, 11) is 0. The number of anilines is 2. The minimum Gasteiger partial charge on any atom is -0.353 e. The van der Waals surface area contributed by atoms with E-state index in [4.69, 9.17) is 11.6 Å². The summed E-state index contributed by atoms with van der Waals surface area (Å²) in [6.07, 6.45) is 3.54. The van der Waals surface area contributed by atoms with E-state index in [-0.39, 0.29) is 11.5 Å². The van der Waals surface area contributed by atoms with Crippen molar-refractivity contribution in [3.63, 3.8) is 0 Å². The lowest BCUT2D eigenvalue weighted by Crippen LogP contribution is -2.47. The summed E-state index contributed by atoms with van der Waals surface area (Å²) < 4.78 is 2.66.